The van der Waals surface area contributed by atoms with E-state index in [1.54, 1.807) is 0 Å². The highest BCUT2D eigenvalue weighted by Gasteiger charge is 1.93. The molecule has 0 spiro atoms. The highest BCUT2D eigenvalue weighted by molar-refractivity contribution is 4.55. The van der Waals surface area contributed by atoms with Gasteiger partial charge >= 0.3 is 0 Å². The third-order valence-electron chi connectivity index (χ3n) is 1.21. The van der Waals surface area contributed by atoms with Crippen LogP contribution < -0.4 is 5.32 Å². The fraction of sp³-hybridized carbons (Fsp3) is 1.00. The van der Waals surface area contributed by atoms with Gasteiger partial charge in [-0.25, -0.2) is 0 Å². The van der Waals surface area contributed by atoms with E-state index in [4.69, 9.17) is 0 Å². The van der Waals surface area contributed by atoms with Crippen LogP contribution in [0.1, 0.15) is 34.5 Å². The molecule has 1 heteroatoms. The maximum absolute atomic E-state index is 3.28. The number of rotatable bonds is 0. The van der Waals surface area contributed by atoms with Crippen LogP contribution >= 0.6 is 0 Å². The molecule has 1 nitrogen and oxygen atoms in total. The van der Waals surface area contributed by atoms with E-state index in [0.717, 1.165) is 0 Å². The minimum Gasteiger partial charge on any atom is -0.317 e. The molecule has 52 valence electrons. The van der Waals surface area contributed by atoms with Gasteiger partial charge in [-0.05, 0) is 25.9 Å². The van der Waals surface area contributed by atoms with E-state index >= 15 is 0 Å². The van der Waals surface area contributed by atoms with Crippen molar-refractivity contribution in [2.24, 2.45) is 0 Å². The summed E-state index contributed by atoms with van der Waals surface area (Å²) in [5.41, 5.74) is 0. The van der Waals surface area contributed by atoms with E-state index < -0.39 is 0 Å². The Morgan fingerprint density at radius 2 is 1.50 bits per heavy atom. The molecule has 1 aliphatic rings. The number of hydrogen-bond acceptors (Lipinski definition) is 1. The molecular weight excluding hydrogens is 98.1 g/mol. The molecule has 1 heterocycles. The molecule has 1 saturated heterocycles. The quantitative estimate of drug-likeness (QED) is 0.512. The molecule has 0 radical (unpaired) electrons. The fourth-order valence-corrected chi connectivity index (χ4v) is 0.802. The molecule has 0 amide bonds. The van der Waals surface area contributed by atoms with Crippen molar-refractivity contribution in [2.75, 3.05) is 13.1 Å². The first-order valence-corrected chi connectivity index (χ1v) is 3.71. The van der Waals surface area contributed by atoms with Gasteiger partial charge in [0.25, 0.3) is 0 Å². The van der Waals surface area contributed by atoms with Gasteiger partial charge in [-0.2, -0.15) is 0 Å². The summed E-state index contributed by atoms with van der Waals surface area (Å²) in [4.78, 5) is 0. The van der Waals surface area contributed by atoms with E-state index in [2.05, 4.69) is 5.32 Å². The molecule has 0 aromatic rings. The first kappa shape index (κ1) is 7.96. The first-order chi connectivity index (χ1) is 4.00. The van der Waals surface area contributed by atoms with Crippen LogP contribution in [0.2, 0.25) is 0 Å². The summed E-state index contributed by atoms with van der Waals surface area (Å²) in [6.07, 6.45) is 4.22. The average molecular weight is 117 g/mol. The normalized spacial score (nSPS) is 18.8. The van der Waals surface area contributed by atoms with E-state index in [-0.39, 0.29) is 1.43 Å². The number of hydrogen-bond donors (Lipinski definition) is 1. The Labute approximate surface area is 54.0 Å². The molecule has 0 unspecified atom stereocenters. The second-order valence-corrected chi connectivity index (χ2v) is 1.81. The monoisotopic (exact) mass is 117 g/mol. The van der Waals surface area contributed by atoms with Crippen LogP contribution in [-0.4, -0.2) is 13.1 Å². The van der Waals surface area contributed by atoms with Gasteiger partial charge in [-0.15, -0.1) is 0 Å². The van der Waals surface area contributed by atoms with E-state index in [1.807, 2.05) is 13.8 Å². The maximum atomic E-state index is 3.28. The van der Waals surface area contributed by atoms with Crippen molar-refractivity contribution in [1.82, 2.24) is 5.32 Å². The molecule has 1 aliphatic heterocycles. The third-order valence-corrected chi connectivity index (χ3v) is 1.21. The Morgan fingerprint density at radius 3 is 1.62 bits per heavy atom. The van der Waals surface area contributed by atoms with Crippen molar-refractivity contribution >= 4 is 0 Å². The summed E-state index contributed by atoms with van der Waals surface area (Å²) in [7, 11) is 0. The summed E-state index contributed by atoms with van der Waals surface area (Å²) in [5, 5.41) is 3.28. The Bertz CT molecular complexity index is 24.4. The van der Waals surface area contributed by atoms with Crippen LogP contribution in [0.5, 0.6) is 0 Å². The highest BCUT2D eigenvalue weighted by Crippen LogP contribution is 1.96. The largest absolute Gasteiger partial charge is 0.317 e. The molecule has 0 saturated carbocycles. The molecule has 0 aromatic carbocycles. The zero-order valence-electron chi connectivity index (χ0n) is 6.04. The summed E-state index contributed by atoms with van der Waals surface area (Å²) in [6.45, 7) is 6.50. The minimum atomic E-state index is 0. The van der Waals surface area contributed by atoms with E-state index in [9.17, 15) is 0 Å². The first-order valence-electron chi connectivity index (χ1n) is 3.71. The summed E-state index contributed by atoms with van der Waals surface area (Å²) < 4.78 is 0. The molecule has 0 aliphatic carbocycles. The molecular formula is C7H19N. The van der Waals surface area contributed by atoms with Crippen molar-refractivity contribution in [2.45, 2.75) is 33.1 Å². The zero-order chi connectivity index (χ0) is 6.24. The second-order valence-electron chi connectivity index (χ2n) is 1.81. The lowest BCUT2D eigenvalue weighted by Gasteiger charge is -2.08. The predicted octanol–water partition coefficient (Wildman–Crippen LogP) is 2.03. The summed E-state index contributed by atoms with van der Waals surface area (Å²) in [6, 6.07) is 0. The van der Waals surface area contributed by atoms with Crippen molar-refractivity contribution in [1.29, 1.82) is 0 Å². The van der Waals surface area contributed by atoms with Gasteiger partial charge in [-0.3, -0.25) is 0 Å². The van der Waals surface area contributed by atoms with E-state index in [0.29, 0.717) is 0 Å². The number of piperidine rings is 1. The van der Waals surface area contributed by atoms with Crippen molar-refractivity contribution in [3.8, 4) is 0 Å². The SMILES string of the molecule is C1CCNCC1.CC.[HH]. The smallest absolute Gasteiger partial charge is 0 e. The lowest BCUT2D eigenvalue weighted by atomic mass is 10.2. The number of nitrogens with one attached hydrogen (secondary N) is 1. The molecule has 0 aromatic heterocycles. The van der Waals surface area contributed by atoms with Gasteiger partial charge in [0.15, 0.2) is 0 Å². The van der Waals surface area contributed by atoms with Crippen molar-refractivity contribution in [3.63, 3.8) is 0 Å². The van der Waals surface area contributed by atoms with Crippen LogP contribution in [-0.2, 0) is 0 Å². The predicted molar refractivity (Wildman–Crippen MR) is 40.2 cm³/mol. The van der Waals surface area contributed by atoms with Crippen LogP contribution in [0.25, 0.3) is 0 Å². The Hall–Kier alpha value is -0.0400. The average Bonchev–Trinajstić information content (AvgIpc) is 1.96. The van der Waals surface area contributed by atoms with Gasteiger partial charge in [0.2, 0.25) is 0 Å². The van der Waals surface area contributed by atoms with Gasteiger partial charge < -0.3 is 5.32 Å². The van der Waals surface area contributed by atoms with E-state index in [1.165, 1.54) is 32.4 Å². The van der Waals surface area contributed by atoms with Gasteiger partial charge in [-0.1, -0.05) is 20.3 Å². The van der Waals surface area contributed by atoms with Crippen LogP contribution in [0.3, 0.4) is 0 Å². The maximum Gasteiger partial charge on any atom is 0 e. The Kier molecular flexibility index (Phi) is 6.93. The molecule has 0 atom stereocenters. The fourth-order valence-electron chi connectivity index (χ4n) is 0.802. The lowest BCUT2D eigenvalue weighted by Crippen LogP contribution is -2.21. The van der Waals surface area contributed by atoms with Crippen LogP contribution in [0.15, 0.2) is 0 Å². The van der Waals surface area contributed by atoms with Gasteiger partial charge in [0.05, 0.1) is 0 Å². The lowest BCUT2D eigenvalue weighted by molar-refractivity contribution is 0.520. The van der Waals surface area contributed by atoms with Crippen LogP contribution in [0.4, 0.5) is 0 Å². The van der Waals surface area contributed by atoms with Crippen LogP contribution in [0, 0.1) is 0 Å². The molecule has 0 bridgehead atoms. The molecule has 1 fully saturated rings. The molecule has 1 N–H and O–H groups in total. The summed E-state index contributed by atoms with van der Waals surface area (Å²) >= 11 is 0. The standard InChI is InChI=1S/C5H11N.C2H6.H2/c1-2-4-6-5-3-1;1-2;/h6H,1-5H2;1-2H3;1H. The molecule has 8 heavy (non-hydrogen) atoms. The molecule has 1 rings (SSSR count). The van der Waals surface area contributed by atoms with Crippen molar-refractivity contribution in [3.05, 3.63) is 0 Å². The highest BCUT2D eigenvalue weighted by atomic mass is 14.9. The Balaban J connectivity index is 0. The summed E-state index contributed by atoms with van der Waals surface area (Å²) in [5.74, 6) is 0. The van der Waals surface area contributed by atoms with Gasteiger partial charge in [0, 0.05) is 1.43 Å². The third kappa shape index (κ3) is 4.13. The van der Waals surface area contributed by atoms with Gasteiger partial charge in [0.1, 0.15) is 0 Å². The minimum absolute atomic E-state index is 0. The van der Waals surface area contributed by atoms with Crippen molar-refractivity contribution < 1.29 is 1.43 Å². The Morgan fingerprint density at radius 1 is 1.00 bits per heavy atom. The second kappa shape index (κ2) is 6.96. The zero-order valence-corrected chi connectivity index (χ0v) is 6.04. The topological polar surface area (TPSA) is 12.0 Å².